The Morgan fingerprint density at radius 3 is 2.78 bits per heavy atom. The lowest BCUT2D eigenvalue weighted by Crippen LogP contribution is -2.24. The van der Waals surface area contributed by atoms with Crippen molar-refractivity contribution < 1.29 is 9.18 Å². The van der Waals surface area contributed by atoms with E-state index in [-0.39, 0.29) is 11.7 Å². The van der Waals surface area contributed by atoms with E-state index in [4.69, 9.17) is 11.6 Å². The number of aryl methyl sites for hydroxylation is 1. The summed E-state index contributed by atoms with van der Waals surface area (Å²) in [5, 5.41) is 8.60. The molecule has 2 aromatic carbocycles. The Labute approximate surface area is 137 Å². The van der Waals surface area contributed by atoms with Crippen LogP contribution in [0.4, 0.5) is 4.39 Å². The van der Waals surface area contributed by atoms with E-state index in [1.54, 1.807) is 23.0 Å². The molecule has 1 heterocycles. The first-order valence-corrected chi connectivity index (χ1v) is 7.62. The van der Waals surface area contributed by atoms with Gasteiger partial charge in [0.2, 0.25) is 5.91 Å². The van der Waals surface area contributed by atoms with Crippen molar-refractivity contribution in [1.82, 2.24) is 15.1 Å². The zero-order chi connectivity index (χ0) is 16.2. The molecule has 0 aliphatic carbocycles. The van der Waals surface area contributed by atoms with E-state index in [2.05, 4.69) is 10.4 Å². The Balaban J connectivity index is 1.56. The van der Waals surface area contributed by atoms with E-state index >= 15 is 0 Å². The third kappa shape index (κ3) is 3.68. The summed E-state index contributed by atoms with van der Waals surface area (Å²) in [7, 11) is 0. The van der Waals surface area contributed by atoms with Crippen LogP contribution in [0.5, 0.6) is 0 Å². The summed E-state index contributed by atoms with van der Waals surface area (Å²) >= 11 is 6.10. The third-order valence-corrected chi connectivity index (χ3v) is 3.92. The molecule has 0 aliphatic rings. The highest BCUT2D eigenvalue weighted by Crippen LogP contribution is 2.22. The highest BCUT2D eigenvalue weighted by Gasteiger charge is 2.07. The van der Waals surface area contributed by atoms with E-state index in [0.717, 1.165) is 16.5 Å². The van der Waals surface area contributed by atoms with Crippen LogP contribution in [-0.2, 0) is 17.9 Å². The fourth-order valence-electron chi connectivity index (χ4n) is 2.35. The average Bonchev–Trinajstić information content (AvgIpc) is 2.97. The zero-order valence-corrected chi connectivity index (χ0v) is 13.1. The van der Waals surface area contributed by atoms with Crippen molar-refractivity contribution >= 4 is 28.4 Å². The molecular formula is C17H15ClFN3O. The summed E-state index contributed by atoms with van der Waals surface area (Å²) < 4.78 is 14.6. The molecule has 0 spiro atoms. The maximum Gasteiger partial charge on any atom is 0.222 e. The van der Waals surface area contributed by atoms with Gasteiger partial charge in [-0.1, -0.05) is 29.8 Å². The van der Waals surface area contributed by atoms with Crippen LogP contribution in [0, 0.1) is 5.82 Å². The van der Waals surface area contributed by atoms with Gasteiger partial charge in [0.1, 0.15) is 5.82 Å². The minimum Gasteiger partial charge on any atom is -0.352 e. The molecule has 0 atom stereocenters. The molecule has 0 radical (unpaired) electrons. The Bertz CT molecular complexity index is 829. The molecule has 1 N–H and O–H groups in total. The molecule has 0 aliphatic heterocycles. The van der Waals surface area contributed by atoms with Crippen molar-refractivity contribution in [3.05, 3.63) is 65.1 Å². The van der Waals surface area contributed by atoms with Crippen molar-refractivity contribution in [2.75, 3.05) is 0 Å². The molecule has 0 fully saturated rings. The lowest BCUT2D eigenvalue weighted by Gasteiger charge is -2.06. The molecule has 0 saturated carbocycles. The second kappa shape index (κ2) is 6.79. The standard InChI is InChI=1S/C17H15ClFN3O/c18-15-2-1-3-16-14(15)11-21-22(16)9-8-17(23)20-10-12-4-6-13(19)7-5-12/h1-7,11H,8-10H2,(H,20,23). The number of nitrogens with zero attached hydrogens (tertiary/aromatic N) is 2. The number of nitrogens with one attached hydrogen (secondary N) is 1. The lowest BCUT2D eigenvalue weighted by molar-refractivity contribution is -0.121. The Kier molecular flexibility index (Phi) is 4.57. The summed E-state index contributed by atoms with van der Waals surface area (Å²) in [4.78, 5) is 11.9. The minimum atomic E-state index is -0.288. The summed E-state index contributed by atoms with van der Waals surface area (Å²) in [6.45, 7) is 0.851. The predicted molar refractivity (Wildman–Crippen MR) is 87.6 cm³/mol. The lowest BCUT2D eigenvalue weighted by atomic mass is 10.2. The van der Waals surface area contributed by atoms with E-state index < -0.39 is 0 Å². The van der Waals surface area contributed by atoms with Crippen LogP contribution in [0.25, 0.3) is 10.9 Å². The molecule has 118 valence electrons. The van der Waals surface area contributed by atoms with Crippen molar-refractivity contribution in [3.8, 4) is 0 Å². The van der Waals surface area contributed by atoms with Crippen LogP contribution >= 0.6 is 11.6 Å². The molecule has 3 rings (SSSR count). The molecule has 0 bridgehead atoms. The normalized spacial score (nSPS) is 10.9. The highest BCUT2D eigenvalue weighted by atomic mass is 35.5. The van der Waals surface area contributed by atoms with Crippen molar-refractivity contribution in [3.63, 3.8) is 0 Å². The second-order valence-electron chi connectivity index (χ2n) is 5.19. The van der Waals surface area contributed by atoms with Crippen LogP contribution in [0.2, 0.25) is 5.02 Å². The summed E-state index contributed by atoms with van der Waals surface area (Å²) in [5.41, 5.74) is 1.76. The van der Waals surface area contributed by atoms with Crippen molar-refractivity contribution in [2.45, 2.75) is 19.5 Å². The predicted octanol–water partition coefficient (Wildman–Crippen LogP) is 3.54. The number of amides is 1. The van der Waals surface area contributed by atoms with Gasteiger partial charge >= 0.3 is 0 Å². The van der Waals surface area contributed by atoms with Gasteiger partial charge in [0.15, 0.2) is 0 Å². The Hall–Kier alpha value is -2.40. The van der Waals surface area contributed by atoms with Crippen LogP contribution in [-0.4, -0.2) is 15.7 Å². The first-order valence-electron chi connectivity index (χ1n) is 7.24. The van der Waals surface area contributed by atoms with Gasteiger partial charge in [-0.3, -0.25) is 9.48 Å². The summed E-state index contributed by atoms with van der Waals surface area (Å²) in [5.74, 6) is -0.371. The number of aromatic nitrogens is 2. The fourth-order valence-corrected chi connectivity index (χ4v) is 2.56. The van der Waals surface area contributed by atoms with Gasteiger partial charge in [0.05, 0.1) is 23.3 Å². The number of fused-ring (bicyclic) bond motifs is 1. The van der Waals surface area contributed by atoms with Gasteiger partial charge in [-0.15, -0.1) is 0 Å². The van der Waals surface area contributed by atoms with E-state index in [9.17, 15) is 9.18 Å². The van der Waals surface area contributed by atoms with Gasteiger partial charge in [-0.05, 0) is 29.8 Å². The molecule has 23 heavy (non-hydrogen) atoms. The maximum absolute atomic E-state index is 12.8. The van der Waals surface area contributed by atoms with Gasteiger partial charge < -0.3 is 5.32 Å². The zero-order valence-electron chi connectivity index (χ0n) is 12.3. The fraction of sp³-hybridized carbons (Fsp3) is 0.176. The average molecular weight is 332 g/mol. The van der Waals surface area contributed by atoms with Gasteiger partial charge in [0.25, 0.3) is 0 Å². The van der Waals surface area contributed by atoms with E-state index in [1.807, 2.05) is 18.2 Å². The number of halogens is 2. The van der Waals surface area contributed by atoms with E-state index in [0.29, 0.717) is 24.5 Å². The number of hydrogen-bond acceptors (Lipinski definition) is 2. The molecule has 3 aromatic rings. The third-order valence-electron chi connectivity index (χ3n) is 3.59. The van der Waals surface area contributed by atoms with Crippen LogP contribution in [0.15, 0.2) is 48.7 Å². The monoisotopic (exact) mass is 331 g/mol. The first kappa shape index (κ1) is 15.5. The summed E-state index contributed by atoms with van der Waals surface area (Å²) in [6, 6.07) is 11.6. The Morgan fingerprint density at radius 2 is 2.00 bits per heavy atom. The highest BCUT2D eigenvalue weighted by molar-refractivity contribution is 6.35. The van der Waals surface area contributed by atoms with Crippen molar-refractivity contribution in [1.29, 1.82) is 0 Å². The molecule has 1 amide bonds. The number of carbonyl (C=O) groups is 1. The second-order valence-corrected chi connectivity index (χ2v) is 5.60. The topological polar surface area (TPSA) is 46.9 Å². The summed E-state index contributed by atoms with van der Waals surface area (Å²) in [6.07, 6.45) is 2.01. The minimum absolute atomic E-state index is 0.0833. The van der Waals surface area contributed by atoms with Crippen molar-refractivity contribution in [2.24, 2.45) is 0 Å². The largest absolute Gasteiger partial charge is 0.352 e. The molecular weight excluding hydrogens is 317 g/mol. The van der Waals surface area contributed by atoms with Crippen LogP contribution < -0.4 is 5.32 Å². The number of hydrogen-bond donors (Lipinski definition) is 1. The maximum atomic E-state index is 12.8. The number of benzene rings is 2. The molecule has 4 nitrogen and oxygen atoms in total. The molecule has 1 aromatic heterocycles. The number of carbonyl (C=O) groups excluding carboxylic acids is 1. The van der Waals surface area contributed by atoms with Gasteiger partial charge in [0, 0.05) is 18.4 Å². The first-order chi connectivity index (χ1) is 11.1. The van der Waals surface area contributed by atoms with Gasteiger partial charge in [-0.2, -0.15) is 5.10 Å². The van der Waals surface area contributed by atoms with Gasteiger partial charge in [-0.25, -0.2) is 4.39 Å². The van der Waals surface area contributed by atoms with Crippen LogP contribution in [0.1, 0.15) is 12.0 Å². The van der Waals surface area contributed by atoms with Crippen LogP contribution in [0.3, 0.4) is 0 Å². The molecule has 0 saturated heterocycles. The van der Waals surface area contributed by atoms with E-state index in [1.165, 1.54) is 12.1 Å². The Morgan fingerprint density at radius 1 is 1.22 bits per heavy atom. The quantitative estimate of drug-likeness (QED) is 0.777. The molecule has 0 unspecified atom stereocenters. The molecule has 6 heteroatoms. The SMILES string of the molecule is O=C(CCn1ncc2c(Cl)cccc21)NCc1ccc(F)cc1. The number of rotatable bonds is 5. The smallest absolute Gasteiger partial charge is 0.222 e.